The first-order valence-corrected chi connectivity index (χ1v) is 6.77. The molecule has 2 heterocycles. The molecule has 7 heteroatoms. The molecule has 0 bridgehead atoms. The fourth-order valence-corrected chi connectivity index (χ4v) is 2.64. The highest BCUT2D eigenvalue weighted by atomic mass is 35.5. The number of halogens is 1. The lowest BCUT2D eigenvalue weighted by Crippen LogP contribution is -2.26. The first kappa shape index (κ1) is 13.9. The summed E-state index contributed by atoms with van der Waals surface area (Å²) in [6, 6.07) is 5.90. The zero-order chi connectivity index (χ0) is 13.8. The summed E-state index contributed by atoms with van der Waals surface area (Å²) < 4.78 is 9.38. The van der Waals surface area contributed by atoms with Crippen LogP contribution in [-0.4, -0.2) is 29.9 Å². The molecule has 0 aliphatic carbocycles. The Bertz CT molecular complexity index is 573. The van der Waals surface area contributed by atoms with Gasteiger partial charge in [0.1, 0.15) is 22.4 Å². The molecule has 1 unspecified atom stereocenters. The first-order chi connectivity index (χ1) is 9.13. The van der Waals surface area contributed by atoms with E-state index < -0.39 is 0 Å². The predicted octanol–water partition coefficient (Wildman–Crippen LogP) is 2.98. The molecule has 0 aliphatic rings. The summed E-state index contributed by atoms with van der Waals surface area (Å²) in [5.41, 5.74) is 0.392. The van der Waals surface area contributed by atoms with Crippen molar-refractivity contribution < 1.29 is 4.42 Å². The van der Waals surface area contributed by atoms with E-state index in [1.165, 1.54) is 11.5 Å². The molecule has 0 saturated heterocycles. The van der Waals surface area contributed by atoms with Gasteiger partial charge >= 0.3 is 0 Å². The minimum absolute atomic E-state index is 0.0717. The van der Waals surface area contributed by atoms with Gasteiger partial charge in [0.05, 0.1) is 12.3 Å². The Labute approximate surface area is 120 Å². The van der Waals surface area contributed by atoms with Crippen LogP contribution in [0.1, 0.15) is 17.4 Å². The van der Waals surface area contributed by atoms with Gasteiger partial charge in [-0.1, -0.05) is 11.6 Å². The van der Waals surface area contributed by atoms with Crippen LogP contribution >= 0.6 is 23.1 Å². The molecule has 0 saturated carbocycles. The lowest BCUT2D eigenvalue weighted by Gasteiger charge is -2.22. The Morgan fingerprint density at radius 3 is 3.00 bits per heavy atom. The number of rotatable bonds is 5. The van der Waals surface area contributed by atoms with Crippen molar-refractivity contribution in [3.05, 3.63) is 34.9 Å². The Kier molecular flexibility index (Phi) is 4.43. The normalized spacial score (nSPS) is 12.4. The molecule has 0 spiro atoms. The first-order valence-electron chi connectivity index (χ1n) is 5.62. The second-order valence-electron chi connectivity index (χ2n) is 4.17. The van der Waals surface area contributed by atoms with Crippen LogP contribution in [0.3, 0.4) is 0 Å². The van der Waals surface area contributed by atoms with Gasteiger partial charge in [0.15, 0.2) is 5.15 Å². The van der Waals surface area contributed by atoms with E-state index in [1.807, 2.05) is 37.2 Å². The van der Waals surface area contributed by atoms with Gasteiger partial charge in [-0.2, -0.15) is 9.64 Å². The molecule has 0 aliphatic heterocycles. The number of likely N-dealkylation sites (N-methyl/N-ethyl adjacent to an activating group) is 1. The molecule has 2 rings (SSSR count). The van der Waals surface area contributed by atoms with E-state index >= 15 is 0 Å². The van der Waals surface area contributed by atoms with Crippen LogP contribution in [0.2, 0.25) is 5.15 Å². The largest absolute Gasteiger partial charge is 0.468 e. The summed E-state index contributed by atoms with van der Waals surface area (Å²) in [4.78, 5) is 2.04. The lowest BCUT2D eigenvalue weighted by molar-refractivity contribution is 0.269. The van der Waals surface area contributed by atoms with Crippen molar-refractivity contribution in [1.82, 2.24) is 9.27 Å². The number of furan rings is 1. The summed E-state index contributed by atoms with van der Waals surface area (Å²) in [6.07, 6.45) is 1.65. The maximum Gasteiger partial charge on any atom is 0.162 e. The zero-order valence-electron chi connectivity index (χ0n) is 10.6. The maximum atomic E-state index is 9.01. The van der Waals surface area contributed by atoms with Crippen molar-refractivity contribution in [2.75, 3.05) is 26.0 Å². The van der Waals surface area contributed by atoms with Gasteiger partial charge < -0.3 is 9.73 Å². The van der Waals surface area contributed by atoms with E-state index in [4.69, 9.17) is 21.3 Å². The average Bonchev–Trinajstić information content (AvgIpc) is 2.99. The van der Waals surface area contributed by atoms with Crippen LogP contribution in [0.15, 0.2) is 22.8 Å². The summed E-state index contributed by atoms with van der Waals surface area (Å²) in [5.74, 6) is 0.867. The monoisotopic (exact) mass is 296 g/mol. The van der Waals surface area contributed by atoms with E-state index in [0.717, 1.165) is 5.76 Å². The third kappa shape index (κ3) is 3.07. The molecule has 2 aromatic rings. The number of nitrogens with zero attached hydrogens (tertiary/aromatic N) is 3. The van der Waals surface area contributed by atoms with Crippen LogP contribution in [0, 0.1) is 11.3 Å². The fraction of sp³-hybridized carbons (Fsp3) is 0.333. The van der Waals surface area contributed by atoms with Crippen LogP contribution in [0.25, 0.3) is 0 Å². The topological polar surface area (TPSA) is 65.1 Å². The Morgan fingerprint density at radius 1 is 1.63 bits per heavy atom. The minimum atomic E-state index is 0.0717. The average molecular weight is 297 g/mol. The number of anilines is 1. The van der Waals surface area contributed by atoms with E-state index in [9.17, 15) is 0 Å². The van der Waals surface area contributed by atoms with Crippen LogP contribution in [-0.2, 0) is 0 Å². The third-order valence-electron chi connectivity index (χ3n) is 2.71. The van der Waals surface area contributed by atoms with Gasteiger partial charge in [-0.25, -0.2) is 0 Å². The Hall–Kier alpha value is -1.55. The van der Waals surface area contributed by atoms with Gasteiger partial charge in [0, 0.05) is 6.54 Å². The highest BCUT2D eigenvalue weighted by Gasteiger charge is 2.18. The number of nitriles is 1. The molecular weight excluding hydrogens is 284 g/mol. The molecule has 1 N–H and O–H groups in total. The van der Waals surface area contributed by atoms with Crippen molar-refractivity contribution in [3.63, 3.8) is 0 Å². The molecule has 1 atom stereocenters. The Morgan fingerprint density at radius 2 is 2.42 bits per heavy atom. The smallest absolute Gasteiger partial charge is 0.162 e. The number of hydrogen-bond acceptors (Lipinski definition) is 6. The summed E-state index contributed by atoms with van der Waals surface area (Å²) in [5, 5.41) is 13.1. The van der Waals surface area contributed by atoms with Gasteiger partial charge in [0.2, 0.25) is 0 Å². The van der Waals surface area contributed by atoms with Crippen molar-refractivity contribution in [1.29, 1.82) is 5.26 Å². The summed E-state index contributed by atoms with van der Waals surface area (Å²) in [7, 11) is 3.94. The SMILES string of the molecule is CN(C)C(CNc1snc(Cl)c1C#N)c1ccco1. The maximum absolute atomic E-state index is 9.01. The van der Waals surface area contributed by atoms with Crippen molar-refractivity contribution in [2.45, 2.75) is 6.04 Å². The molecular formula is C12H13ClN4OS. The lowest BCUT2D eigenvalue weighted by atomic mass is 10.2. The molecule has 0 aromatic carbocycles. The van der Waals surface area contributed by atoms with Crippen molar-refractivity contribution >= 4 is 28.1 Å². The second-order valence-corrected chi connectivity index (χ2v) is 5.30. The summed E-state index contributed by atoms with van der Waals surface area (Å²) >= 11 is 7.02. The standard InChI is InChI=1S/C12H13ClN4OS/c1-17(2)9(10-4-3-5-18-10)7-15-12-8(6-14)11(13)16-19-12/h3-5,9,15H,7H2,1-2H3. The van der Waals surface area contributed by atoms with Crippen LogP contribution in [0.4, 0.5) is 5.00 Å². The van der Waals surface area contributed by atoms with E-state index in [2.05, 4.69) is 9.69 Å². The Balaban J connectivity index is 2.10. The van der Waals surface area contributed by atoms with Gasteiger partial charge in [-0.3, -0.25) is 4.90 Å². The minimum Gasteiger partial charge on any atom is -0.468 e. The molecule has 2 aromatic heterocycles. The molecule has 5 nitrogen and oxygen atoms in total. The van der Waals surface area contributed by atoms with Crippen LogP contribution < -0.4 is 5.32 Å². The van der Waals surface area contributed by atoms with E-state index in [0.29, 0.717) is 17.1 Å². The van der Waals surface area contributed by atoms with Gasteiger partial charge in [-0.15, -0.1) is 0 Å². The molecule has 0 amide bonds. The van der Waals surface area contributed by atoms with Gasteiger partial charge in [0.25, 0.3) is 0 Å². The van der Waals surface area contributed by atoms with Crippen molar-refractivity contribution in [2.24, 2.45) is 0 Å². The highest BCUT2D eigenvalue weighted by molar-refractivity contribution is 7.10. The third-order valence-corrected chi connectivity index (χ3v) is 3.89. The number of nitrogens with one attached hydrogen (secondary N) is 1. The highest BCUT2D eigenvalue weighted by Crippen LogP contribution is 2.28. The quantitative estimate of drug-likeness (QED) is 0.919. The summed E-state index contributed by atoms with van der Waals surface area (Å²) in [6.45, 7) is 0.605. The number of hydrogen-bond donors (Lipinski definition) is 1. The predicted molar refractivity (Wildman–Crippen MR) is 75.5 cm³/mol. The second kappa shape index (κ2) is 6.06. The molecule has 19 heavy (non-hydrogen) atoms. The fourth-order valence-electron chi connectivity index (χ4n) is 1.70. The van der Waals surface area contributed by atoms with Crippen molar-refractivity contribution in [3.8, 4) is 6.07 Å². The van der Waals surface area contributed by atoms with E-state index in [-0.39, 0.29) is 11.2 Å². The number of aromatic nitrogens is 1. The molecule has 100 valence electrons. The van der Waals surface area contributed by atoms with Crippen LogP contribution in [0.5, 0.6) is 0 Å². The zero-order valence-corrected chi connectivity index (χ0v) is 12.1. The molecule has 0 fully saturated rings. The van der Waals surface area contributed by atoms with Gasteiger partial charge in [-0.05, 0) is 37.8 Å². The molecule has 0 radical (unpaired) electrons. The van der Waals surface area contributed by atoms with E-state index in [1.54, 1.807) is 6.26 Å².